The second-order valence-corrected chi connectivity index (χ2v) is 9.00. The van der Waals surface area contributed by atoms with Crippen molar-refractivity contribution in [1.29, 1.82) is 0 Å². The summed E-state index contributed by atoms with van der Waals surface area (Å²) < 4.78 is 26.1. The Bertz CT molecular complexity index is 877. The van der Waals surface area contributed by atoms with E-state index in [1.807, 2.05) is 30.3 Å². The van der Waals surface area contributed by atoms with E-state index >= 15 is 0 Å². The summed E-state index contributed by atoms with van der Waals surface area (Å²) in [6.45, 7) is 1.21. The Hall–Kier alpha value is -1.01. The first-order valence-corrected chi connectivity index (χ1v) is 11.1. The van der Waals surface area contributed by atoms with Crippen molar-refractivity contribution in [1.82, 2.24) is 15.4 Å². The maximum absolute atomic E-state index is 11.9. The molecular weight excluding hydrogens is 531 g/mol. The number of thioether (sulfide) groups is 1. The number of nitrogens with zero attached hydrogens (tertiary/aromatic N) is 1. The van der Waals surface area contributed by atoms with Crippen molar-refractivity contribution < 1.29 is 8.42 Å². The number of hydrogen-bond acceptors (Lipinski definition) is 4. The van der Waals surface area contributed by atoms with Gasteiger partial charge in [-0.3, -0.25) is 4.99 Å². The number of aliphatic imine (C=N–C) groups is 1. The molecule has 0 aliphatic rings. The Balaban J connectivity index is 0.00000392. The van der Waals surface area contributed by atoms with E-state index in [0.29, 0.717) is 12.5 Å². The molecule has 0 atom stereocenters. The fraction of sp³-hybridized carbons (Fsp3) is 0.278. The van der Waals surface area contributed by atoms with Gasteiger partial charge in [-0.25, -0.2) is 13.1 Å². The largest absolute Gasteiger partial charge is 0.356 e. The van der Waals surface area contributed by atoms with E-state index in [9.17, 15) is 8.42 Å². The van der Waals surface area contributed by atoms with Crippen LogP contribution in [0.4, 0.5) is 0 Å². The first kappa shape index (κ1) is 25.0. The van der Waals surface area contributed by atoms with E-state index in [0.717, 1.165) is 27.8 Å². The van der Waals surface area contributed by atoms with Gasteiger partial charge in [0.2, 0.25) is 10.0 Å². The highest BCUT2D eigenvalue weighted by molar-refractivity contribution is 14.0. The van der Waals surface area contributed by atoms with Gasteiger partial charge in [-0.1, -0.05) is 23.7 Å². The predicted molar refractivity (Wildman–Crippen MR) is 128 cm³/mol. The minimum absolute atomic E-state index is 0. The van der Waals surface area contributed by atoms with Crippen LogP contribution in [0.3, 0.4) is 0 Å². The van der Waals surface area contributed by atoms with Crippen molar-refractivity contribution in [2.75, 3.05) is 26.4 Å². The number of sulfonamides is 1. The number of benzene rings is 2. The first-order valence-electron chi connectivity index (χ1n) is 8.30. The van der Waals surface area contributed by atoms with E-state index in [4.69, 9.17) is 11.6 Å². The zero-order chi connectivity index (χ0) is 19.7. The molecule has 0 fully saturated rings. The van der Waals surface area contributed by atoms with Gasteiger partial charge in [0.25, 0.3) is 0 Å². The van der Waals surface area contributed by atoms with Gasteiger partial charge >= 0.3 is 0 Å². The highest BCUT2D eigenvalue weighted by Crippen LogP contribution is 2.19. The average molecular weight is 555 g/mol. The van der Waals surface area contributed by atoms with Crippen molar-refractivity contribution >= 4 is 63.3 Å². The number of hydrogen-bond donors (Lipinski definition) is 3. The molecule has 0 spiro atoms. The zero-order valence-electron chi connectivity index (χ0n) is 15.6. The van der Waals surface area contributed by atoms with Crippen LogP contribution in [0.2, 0.25) is 5.02 Å². The smallest absolute Gasteiger partial charge is 0.240 e. The molecule has 0 unspecified atom stereocenters. The van der Waals surface area contributed by atoms with Crippen LogP contribution in [0.1, 0.15) is 5.56 Å². The highest BCUT2D eigenvalue weighted by atomic mass is 127. The number of rotatable bonds is 8. The Morgan fingerprint density at radius 3 is 2.50 bits per heavy atom. The van der Waals surface area contributed by atoms with Crippen molar-refractivity contribution in [3.8, 4) is 0 Å². The van der Waals surface area contributed by atoms with Crippen LogP contribution in [0, 0.1) is 0 Å². The zero-order valence-corrected chi connectivity index (χ0v) is 20.3. The molecule has 0 aromatic heterocycles. The molecule has 0 aliphatic heterocycles. The third kappa shape index (κ3) is 8.16. The molecule has 2 aromatic carbocycles. The Morgan fingerprint density at radius 2 is 1.86 bits per heavy atom. The Kier molecular flexibility index (Phi) is 11.2. The van der Waals surface area contributed by atoms with Gasteiger partial charge < -0.3 is 10.6 Å². The Labute approximate surface area is 193 Å². The minimum atomic E-state index is -3.45. The predicted octanol–water partition coefficient (Wildman–Crippen LogP) is 3.32. The van der Waals surface area contributed by atoms with Gasteiger partial charge in [-0.2, -0.15) is 0 Å². The minimum Gasteiger partial charge on any atom is -0.356 e. The fourth-order valence-electron chi connectivity index (χ4n) is 2.22. The highest BCUT2D eigenvalue weighted by Gasteiger charge is 2.11. The van der Waals surface area contributed by atoms with Crippen LogP contribution < -0.4 is 15.4 Å². The van der Waals surface area contributed by atoms with Gasteiger partial charge in [0, 0.05) is 35.8 Å². The molecule has 0 radical (unpaired) electrons. The molecule has 3 N–H and O–H groups in total. The summed E-state index contributed by atoms with van der Waals surface area (Å²) in [5, 5.41) is 7.15. The molecule has 2 rings (SSSR count). The van der Waals surface area contributed by atoms with Crippen LogP contribution in [0.5, 0.6) is 0 Å². The number of halogens is 2. The summed E-state index contributed by atoms with van der Waals surface area (Å²) in [6, 6.07) is 14.5. The lowest BCUT2D eigenvalue weighted by Crippen LogP contribution is -2.38. The summed E-state index contributed by atoms with van der Waals surface area (Å²) in [7, 11) is -0.351. The van der Waals surface area contributed by atoms with Gasteiger partial charge in [-0.15, -0.1) is 35.7 Å². The Morgan fingerprint density at radius 1 is 1.14 bits per heavy atom. The lowest BCUT2D eigenvalue weighted by Gasteiger charge is -2.12. The van der Waals surface area contributed by atoms with Crippen molar-refractivity contribution in [3.63, 3.8) is 0 Å². The van der Waals surface area contributed by atoms with Crippen molar-refractivity contribution in [3.05, 3.63) is 59.1 Å². The van der Waals surface area contributed by atoms with E-state index in [-0.39, 0.29) is 28.9 Å². The fourth-order valence-corrected chi connectivity index (χ4v) is 3.91. The SMILES string of the molecule is CN=C(NCCSc1ccc(Cl)cc1)NCc1cccc(S(=O)(=O)NC)c1.I. The standard InChI is InChI=1S/C18H23ClN4O2S2.HI/c1-20-18(22-10-11-26-16-8-6-15(19)7-9-16)23-13-14-4-3-5-17(12-14)27(24,25)21-2;/h3-9,12,21H,10-11,13H2,1-2H3,(H2,20,22,23);1H. The monoisotopic (exact) mass is 554 g/mol. The van der Waals surface area contributed by atoms with Gasteiger partial charge in [0.05, 0.1) is 4.90 Å². The number of guanidine groups is 1. The van der Waals surface area contributed by atoms with Crippen LogP contribution in [-0.2, 0) is 16.6 Å². The molecule has 0 saturated heterocycles. The molecule has 154 valence electrons. The van der Waals surface area contributed by atoms with E-state index in [1.165, 1.54) is 7.05 Å². The quantitative estimate of drug-likeness (QED) is 0.153. The maximum Gasteiger partial charge on any atom is 0.240 e. The van der Waals surface area contributed by atoms with Gasteiger partial charge in [0.15, 0.2) is 5.96 Å². The summed E-state index contributed by atoms with van der Waals surface area (Å²) in [6.07, 6.45) is 0. The van der Waals surface area contributed by atoms with Crippen LogP contribution in [0.25, 0.3) is 0 Å². The topological polar surface area (TPSA) is 82.6 Å². The number of nitrogens with one attached hydrogen (secondary N) is 3. The summed E-state index contributed by atoms with van der Waals surface area (Å²) in [5.74, 6) is 1.53. The third-order valence-corrected chi connectivity index (χ3v) is 6.32. The molecule has 28 heavy (non-hydrogen) atoms. The molecule has 10 heteroatoms. The normalized spacial score (nSPS) is 11.6. The summed E-state index contributed by atoms with van der Waals surface area (Å²) in [5.41, 5.74) is 0.852. The van der Waals surface area contributed by atoms with Crippen molar-refractivity contribution in [2.24, 2.45) is 4.99 Å². The molecule has 6 nitrogen and oxygen atoms in total. The second kappa shape index (κ2) is 12.5. The lowest BCUT2D eigenvalue weighted by atomic mass is 10.2. The second-order valence-electron chi connectivity index (χ2n) is 5.51. The average Bonchev–Trinajstić information content (AvgIpc) is 2.69. The lowest BCUT2D eigenvalue weighted by molar-refractivity contribution is 0.588. The van der Waals surface area contributed by atoms with Crippen LogP contribution >= 0.6 is 47.3 Å². The molecule has 0 saturated carbocycles. The van der Waals surface area contributed by atoms with Gasteiger partial charge in [-0.05, 0) is 49.0 Å². The van der Waals surface area contributed by atoms with Crippen molar-refractivity contribution in [2.45, 2.75) is 16.3 Å². The first-order chi connectivity index (χ1) is 12.9. The molecular formula is C18H24ClIN4O2S2. The molecule has 0 heterocycles. The van der Waals surface area contributed by atoms with Gasteiger partial charge in [0.1, 0.15) is 0 Å². The van der Waals surface area contributed by atoms with E-state index < -0.39 is 10.0 Å². The molecule has 0 aliphatic carbocycles. The summed E-state index contributed by atoms with van der Waals surface area (Å²) in [4.78, 5) is 5.58. The van der Waals surface area contributed by atoms with Crippen LogP contribution in [0.15, 0.2) is 63.3 Å². The van der Waals surface area contributed by atoms with E-state index in [1.54, 1.807) is 37.0 Å². The maximum atomic E-state index is 11.9. The molecule has 0 bridgehead atoms. The molecule has 0 amide bonds. The molecule has 2 aromatic rings. The summed E-state index contributed by atoms with van der Waals surface area (Å²) >= 11 is 7.60. The van der Waals surface area contributed by atoms with Crippen LogP contribution in [-0.4, -0.2) is 40.8 Å². The van der Waals surface area contributed by atoms with E-state index in [2.05, 4.69) is 20.3 Å². The third-order valence-electron chi connectivity index (χ3n) is 3.64.